The lowest BCUT2D eigenvalue weighted by Gasteiger charge is -2.40. The monoisotopic (exact) mass is 524 g/mol. The van der Waals surface area contributed by atoms with Gasteiger partial charge in [0.2, 0.25) is 5.95 Å². The van der Waals surface area contributed by atoms with Crippen molar-refractivity contribution in [1.82, 2.24) is 24.5 Å². The molecule has 37 heavy (non-hydrogen) atoms. The second-order valence-corrected chi connectivity index (χ2v) is 10.0. The van der Waals surface area contributed by atoms with Gasteiger partial charge >= 0.3 is 0 Å². The van der Waals surface area contributed by atoms with Gasteiger partial charge in [0, 0.05) is 44.7 Å². The molecule has 1 aliphatic carbocycles. The maximum atomic E-state index is 10.2. The third kappa shape index (κ3) is 4.73. The Morgan fingerprint density at radius 1 is 1.11 bits per heavy atom. The first-order chi connectivity index (χ1) is 18.0. The van der Waals surface area contributed by atoms with Gasteiger partial charge in [-0.05, 0) is 30.5 Å². The zero-order valence-electron chi connectivity index (χ0n) is 20.2. The molecule has 0 unspecified atom stereocenters. The summed E-state index contributed by atoms with van der Waals surface area (Å²) in [6, 6.07) is 4.10. The summed E-state index contributed by atoms with van der Waals surface area (Å²) in [4.78, 5) is 13.5. The van der Waals surface area contributed by atoms with E-state index < -0.39 is 6.10 Å². The van der Waals surface area contributed by atoms with E-state index in [1.165, 1.54) is 12.4 Å². The largest absolute Gasteiger partial charge is 0.389 e. The van der Waals surface area contributed by atoms with Gasteiger partial charge in [-0.25, -0.2) is 9.50 Å². The maximum Gasteiger partial charge on any atom is 0.247 e. The van der Waals surface area contributed by atoms with Crippen molar-refractivity contribution >= 4 is 52.8 Å². The van der Waals surface area contributed by atoms with Crippen LogP contribution in [0.3, 0.4) is 0 Å². The molecule has 12 nitrogen and oxygen atoms in total. The fraction of sp³-hybridized carbons (Fsp3) is 0.458. The number of aliphatic hydroxyl groups excluding tert-OH is 1. The average Bonchev–Trinajstić information content (AvgIpc) is 3.46. The summed E-state index contributed by atoms with van der Waals surface area (Å²) in [5.74, 6) is 0.911. The second-order valence-electron chi connectivity index (χ2n) is 9.63. The Morgan fingerprint density at radius 3 is 2.59 bits per heavy atom. The van der Waals surface area contributed by atoms with Gasteiger partial charge in [0.05, 0.1) is 48.0 Å². The Bertz CT molecular complexity index is 1330. The minimum absolute atomic E-state index is 0.0299. The van der Waals surface area contributed by atoms with Gasteiger partial charge in [-0.15, -0.1) is 5.10 Å². The minimum Gasteiger partial charge on any atom is -0.389 e. The van der Waals surface area contributed by atoms with Crippen LogP contribution in [0.2, 0.25) is 5.02 Å². The van der Waals surface area contributed by atoms with Crippen molar-refractivity contribution in [2.75, 3.05) is 54.9 Å². The molecule has 0 bridgehead atoms. The standard InChI is InChI=1S/C24H29ClN10O2/c25-21-17(30-24-31-22(29-15-1-2-15)23-28-11-16(10-27)35(23)32-24)7-14(9-26)8-18(21)33-3-5-34(6-4-33)19-12-37-13-20(19)36/h7-11,15,19-20,26-27,36H,1-6,12-13H2,(H2,29,30,31,32)/t19-,20-/m1/s1. The maximum absolute atomic E-state index is 10.2. The van der Waals surface area contributed by atoms with Crippen LogP contribution in [0.4, 0.5) is 23.1 Å². The molecule has 5 N–H and O–H groups in total. The summed E-state index contributed by atoms with van der Waals surface area (Å²) < 4.78 is 7.02. The molecule has 0 amide bonds. The van der Waals surface area contributed by atoms with Crippen LogP contribution in [0.5, 0.6) is 0 Å². The summed E-state index contributed by atoms with van der Waals surface area (Å²) in [6.07, 6.45) is 5.79. The van der Waals surface area contributed by atoms with Crippen LogP contribution in [0.15, 0.2) is 18.3 Å². The summed E-state index contributed by atoms with van der Waals surface area (Å²) in [5, 5.41) is 37.5. The Hall–Kier alpha value is -3.32. The molecule has 3 aliphatic rings. The minimum atomic E-state index is -0.451. The fourth-order valence-electron chi connectivity index (χ4n) is 4.90. The number of rotatable bonds is 8. The summed E-state index contributed by atoms with van der Waals surface area (Å²) in [6.45, 7) is 3.97. The molecular formula is C24H29ClN10O2. The molecular weight excluding hydrogens is 496 g/mol. The molecule has 6 rings (SSSR count). The van der Waals surface area contributed by atoms with Crippen molar-refractivity contribution in [3.05, 3.63) is 34.6 Å². The van der Waals surface area contributed by atoms with Crippen LogP contribution in [-0.2, 0) is 4.74 Å². The van der Waals surface area contributed by atoms with Crippen molar-refractivity contribution in [2.45, 2.75) is 31.0 Å². The molecule has 1 saturated carbocycles. The first-order valence-corrected chi connectivity index (χ1v) is 12.8. The number of anilines is 4. The fourth-order valence-corrected chi connectivity index (χ4v) is 5.17. The van der Waals surface area contributed by atoms with Gasteiger partial charge in [-0.2, -0.15) is 4.98 Å². The molecule has 2 aliphatic heterocycles. The molecule has 1 aromatic carbocycles. The van der Waals surface area contributed by atoms with Gasteiger partial charge in [0.15, 0.2) is 11.5 Å². The van der Waals surface area contributed by atoms with Crippen molar-refractivity contribution < 1.29 is 9.84 Å². The number of piperazine rings is 1. The van der Waals surface area contributed by atoms with E-state index in [4.69, 9.17) is 27.2 Å². The highest BCUT2D eigenvalue weighted by molar-refractivity contribution is 6.36. The van der Waals surface area contributed by atoms with E-state index in [1.54, 1.807) is 16.8 Å². The number of ether oxygens (including phenoxy) is 1. The van der Waals surface area contributed by atoms with Crippen LogP contribution < -0.4 is 15.5 Å². The van der Waals surface area contributed by atoms with Crippen LogP contribution in [0, 0.1) is 10.8 Å². The van der Waals surface area contributed by atoms with Crippen molar-refractivity contribution in [3.63, 3.8) is 0 Å². The molecule has 13 heteroatoms. The molecule has 3 aromatic rings. The Morgan fingerprint density at radius 2 is 1.92 bits per heavy atom. The van der Waals surface area contributed by atoms with Crippen LogP contribution in [0.25, 0.3) is 5.65 Å². The molecule has 3 fully saturated rings. The molecule has 0 spiro atoms. The van der Waals surface area contributed by atoms with Crippen molar-refractivity contribution in [2.24, 2.45) is 0 Å². The molecule has 4 heterocycles. The number of aliphatic hydroxyl groups is 1. The van der Waals surface area contributed by atoms with E-state index in [0.29, 0.717) is 58.6 Å². The van der Waals surface area contributed by atoms with Crippen molar-refractivity contribution in [1.29, 1.82) is 10.8 Å². The number of hydrogen-bond acceptors (Lipinski definition) is 11. The molecule has 2 aromatic heterocycles. The molecule has 0 radical (unpaired) electrons. The zero-order valence-corrected chi connectivity index (χ0v) is 20.9. The number of nitrogens with one attached hydrogen (secondary N) is 4. The Balaban J connectivity index is 1.28. The third-order valence-corrected chi connectivity index (χ3v) is 7.49. The normalized spacial score (nSPS) is 22.4. The number of aromatic nitrogens is 4. The van der Waals surface area contributed by atoms with Crippen LogP contribution in [0.1, 0.15) is 24.1 Å². The number of hydrogen-bond donors (Lipinski definition) is 5. The number of nitrogens with zero attached hydrogens (tertiary/aromatic N) is 6. The van der Waals surface area contributed by atoms with Gasteiger partial charge in [0.25, 0.3) is 0 Å². The molecule has 2 saturated heterocycles. The Labute approximate surface area is 218 Å². The first kappa shape index (κ1) is 24.0. The van der Waals surface area contributed by atoms with E-state index in [0.717, 1.165) is 44.7 Å². The smallest absolute Gasteiger partial charge is 0.247 e. The highest BCUT2D eigenvalue weighted by Crippen LogP contribution is 2.37. The molecule has 2 atom stereocenters. The second kappa shape index (κ2) is 9.86. The topological polar surface area (TPSA) is 151 Å². The van der Waals surface area contributed by atoms with Crippen LogP contribution in [-0.4, -0.2) is 99.6 Å². The highest BCUT2D eigenvalue weighted by Gasteiger charge is 2.34. The van der Waals surface area contributed by atoms with Gasteiger partial charge in [0.1, 0.15) is 5.69 Å². The van der Waals surface area contributed by atoms with E-state index in [-0.39, 0.29) is 6.04 Å². The lowest BCUT2D eigenvalue weighted by Crippen LogP contribution is -2.53. The predicted molar refractivity (Wildman–Crippen MR) is 142 cm³/mol. The van der Waals surface area contributed by atoms with E-state index in [2.05, 4.69) is 35.5 Å². The van der Waals surface area contributed by atoms with E-state index in [1.807, 2.05) is 6.07 Å². The Kier molecular flexibility index (Phi) is 6.41. The number of imidazole rings is 1. The van der Waals surface area contributed by atoms with Gasteiger partial charge in [-0.1, -0.05) is 11.6 Å². The van der Waals surface area contributed by atoms with Crippen molar-refractivity contribution in [3.8, 4) is 0 Å². The number of benzene rings is 1. The lowest BCUT2D eigenvalue weighted by atomic mass is 10.1. The van der Waals surface area contributed by atoms with E-state index in [9.17, 15) is 5.11 Å². The lowest BCUT2D eigenvalue weighted by molar-refractivity contribution is 0.0785. The summed E-state index contributed by atoms with van der Waals surface area (Å²) >= 11 is 6.92. The van der Waals surface area contributed by atoms with Gasteiger partial charge in [-0.3, -0.25) is 4.90 Å². The SMILES string of the molecule is N=Cc1cc(Nc2nc(NC3CC3)c3ncc(C=N)n3n2)c(Cl)c(N2CCN([C@@H]3COC[C@H]3O)CC2)c1. The number of halogens is 1. The predicted octanol–water partition coefficient (Wildman–Crippen LogP) is 1.97. The zero-order chi connectivity index (χ0) is 25.5. The average molecular weight is 525 g/mol. The number of fused-ring (bicyclic) bond motifs is 1. The quantitative estimate of drug-likeness (QED) is 0.278. The summed E-state index contributed by atoms with van der Waals surface area (Å²) in [5.41, 5.74) is 3.21. The third-order valence-electron chi connectivity index (χ3n) is 7.09. The van der Waals surface area contributed by atoms with Crippen LogP contribution >= 0.6 is 11.6 Å². The summed E-state index contributed by atoms with van der Waals surface area (Å²) in [7, 11) is 0. The molecule has 194 valence electrons. The first-order valence-electron chi connectivity index (χ1n) is 12.4. The highest BCUT2D eigenvalue weighted by atomic mass is 35.5. The van der Waals surface area contributed by atoms with Gasteiger partial charge < -0.3 is 36.2 Å². The van der Waals surface area contributed by atoms with E-state index >= 15 is 0 Å².